The summed E-state index contributed by atoms with van der Waals surface area (Å²) in [6.07, 6.45) is 2.12. The van der Waals surface area contributed by atoms with Crippen molar-refractivity contribution in [2.24, 2.45) is 11.3 Å². The largest absolute Gasteiger partial charge is 0.386 e. The van der Waals surface area contributed by atoms with Crippen molar-refractivity contribution in [2.45, 2.75) is 30.7 Å². The van der Waals surface area contributed by atoms with E-state index in [1.165, 1.54) is 7.11 Å². The molecule has 1 rings (SSSR count). The Labute approximate surface area is 116 Å². The number of aliphatic hydroxyl groups is 1. The number of alkyl halides is 1. The molecule has 0 amide bonds. The predicted octanol–water partition coefficient (Wildman–Crippen LogP) is 1.90. The highest BCUT2D eigenvalue weighted by Gasteiger charge is 2.55. The number of rotatable bonds is 5. The van der Waals surface area contributed by atoms with Crippen LogP contribution in [0.4, 0.5) is 0 Å². The van der Waals surface area contributed by atoms with E-state index in [2.05, 4.69) is 22.5 Å². The van der Waals surface area contributed by atoms with Gasteiger partial charge < -0.3 is 14.6 Å². The van der Waals surface area contributed by atoms with Crippen LogP contribution in [0, 0.1) is 11.3 Å². The highest BCUT2D eigenvalue weighted by Crippen LogP contribution is 2.48. The third-order valence-electron chi connectivity index (χ3n) is 4.02. The number of hydrogen-bond donors (Lipinski definition) is 1. The molecule has 0 heterocycles. The van der Waals surface area contributed by atoms with Gasteiger partial charge in [-0.15, -0.1) is 6.58 Å². The van der Waals surface area contributed by atoms with Gasteiger partial charge in [-0.2, -0.15) is 0 Å². The first-order chi connectivity index (χ1) is 8.31. The summed E-state index contributed by atoms with van der Waals surface area (Å²) < 4.78 is 10.1. The summed E-state index contributed by atoms with van der Waals surface area (Å²) in [4.78, 5) is 11.4. The number of carbonyl (C=O) groups is 1. The van der Waals surface area contributed by atoms with Crippen molar-refractivity contribution < 1.29 is 19.4 Å². The molecule has 1 N–H and O–H groups in total. The Kier molecular flexibility index (Phi) is 5.12. The van der Waals surface area contributed by atoms with E-state index < -0.39 is 15.8 Å². The highest BCUT2D eigenvalue weighted by molar-refractivity contribution is 9.10. The molecule has 1 fully saturated rings. The van der Waals surface area contributed by atoms with Crippen molar-refractivity contribution in [1.29, 1.82) is 0 Å². The third-order valence-corrected chi connectivity index (χ3v) is 5.32. The third kappa shape index (κ3) is 2.69. The molecular weight excluding hydrogens is 300 g/mol. The Morgan fingerprint density at radius 2 is 2.28 bits per heavy atom. The summed E-state index contributed by atoms with van der Waals surface area (Å²) >= 11 is 3.29. The molecular formula is C13H21BrO4. The minimum Gasteiger partial charge on any atom is -0.386 e. The number of carbonyl (C=O) groups excluding carboxylic acids is 1. The molecule has 0 unspecified atom stereocenters. The second-order valence-electron chi connectivity index (χ2n) is 5.18. The quantitative estimate of drug-likeness (QED) is 0.364. The van der Waals surface area contributed by atoms with Gasteiger partial charge in [0.1, 0.15) is 23.0 Å². The van der Waals surface area contributed by atoms with Crippen LogP contribution in [0.2, 0.25) is 0 Å². The van der Waals surface area contributed by atoms with Gasteiger partial charge in [0, 0.05) is 13.5 Å². The fraction of sp³-hybridized carbons (Fsp3) is 0.769. The number of ketones is 1. The van der Waals surface area contributed by atoms with Gasteiger partial charge in [-0.25, -0.2) is 0 Å². The molecule has 5 heteroatoms. The zero-order valence-electron chi connectivity index (χ0n) is 11.1. The van der Waals surface area contributed by atoms with Gasteiger partial charge in [0.15, 0.2) is 0 Å². The van der Waals surface area contributed by atoms with E-state index >= 15 is 0 Å². The maximum atomic E-state index is 12.0. The molecule has 0 aromatic heterocycles. The first-order valence-electron chi connectivity index (χ1n) is 5.91. The Balaban J connectivity index is 2.96. The van der Waals surface area contributed by atoms with E-state index in [-0.39, 0.29) is 25.1 Å². The van der Waals surface area contributed by atoms with Gasteiger partial charge >= 0.3 is 0 Å². The van der Waals surface area contributed by atoms with Gasteiger partial charge in [0.05, 0.1) is 6.61 Å². The van der Waals surface area contributed by atoms with Crippen LogP contribution in [0.1, 0.15) is 20.3 Å². The molecule has 0 aromatic carbocycles. The van der Waals surface area contributed by atoms with Crippen molar-refractivity contribution in [1.82, 2.24) is 0 Å². The van der Waals surface area contributed by atoms with E-state index in [0.29, 0.717) is 6.42 Å². The molecule has 0 aromatic rings. The Morgan fingerprint density at radius 3 is 2.78 bits per heavy atom. The Bertz CT molecular complexity index is 333. The van der Waals surface area contributed by atoms with Crippen molar-refractivity contribution in [3.8, 4) is 0 Å². The number of allylic oxidation sites excluding steroid dienone is 1. The maximum absolute atomic E-state index is 12.0. The summed E-state index contributed by atoms with van der Waals surface area (Å²) in [6.45, 7) is 7.77. The smallest absolute Gasteiger partial charge is 0.150 e. The topological polar surface area (TPSA) is 55.8 Å². The van der Waals surface area contributed by atoms with Crippen LogP contribution in [-0.4, -0.2) is 41.8 Å². The first kappa shape index (κ1) is 15.8. The van der Waals surface area contributed by atoms with Crippen molar-refractivity contribution in [3.05, 3.63) is 12.7 Å². The zero-order valence-corrected chi connectivity index (χ0v) is 12.7. The molecule has 0 spiro atoms. The summed E-state index contributed by atoms with van der Waals surface area (Å²) in [7, 11) is 1.51. The first-order valence-corrected chi connectivity index (χ1v) is 6.83. The minimum absolute atomic E-state index is 0.0287. The average Bonchev–Trinajstić information content (AvgIpc) is 2.35. The number of ether oxygens (including phenoxy) is 2. The van der Waals surface area contributed by atoms with Gasteiger partial charge in [-0.3, -0.25) is 4.79 Å². The lowest BCUT2D eigenvalue weighted by Crippen LogP contribution is -2.61. The maximum Gasteiger partial charge on any atom is 0.150 e. The van der Waals surface area contributed by atoms with E-state index in [1.54, 1.807) is 6.08 Å². The van der Waals surface area contributed by atoms with Crippen LogP contribution >= 0.6 is 15.9 Å². The number of halogens is 1. The molecule has 104 valence electrons. The molecule has 0 bridgehead atoms. The van der Waals surface area contributed by atoms with Gasteiger partial charge in [0.25, 0.3) is 0 Å². The molecule has 4 atom stereocenters. The molecule has 4 nitrogen and oxygen atoms in total. The van der Waals surface area contributed by atoms with E-state index in [1.807, 2.05) is 13.8 Å². The second-order valence-corrected chi connectivity index (χ2v) is 6.10. The molecule has 0 radical (unpaired) electrons. The van der Waals surface area contributed by atoms with Gasteiger partial charge in [-0.05, 0) is 11.3 Å². The van der Waals surface area contributed by atoms with Crippen molar-refractivity contribution in [2.75, 3.05) is 20.5 Å². The molecule has 0 aliphatic heterocycles. The summed E-state index contributed by atoms with van der Waals surface area (Å²) in [5, 5.41) is 10.8. The molecule has 1 saturated carbocycles. The highest BCUT2D eigenvalue weighted by atomic mass is 79.9. The van der Waals surface area contributed by atoms with Crippen LogP contribution in [0.5, 0.6) is 0 Å². The minimum atomic E-state index is -1.25. The number of methoxy groups -OCH3 is 1. The van der Waals surface area contributed by atoms with E-state index in [4.69, 9.17) is 9.47 Å². The molecule has 1 aliphatic carbocycles. The van der Waals surface area contributed by atoms with E-state index in [9.17, 15) is 9.90 Å². The Morgan fingerprint density at radius 1 is 1.67 bits per heavy atom. The van der Waals surface area contributed by atoms with Gasteiger partial charge in [0.2, 0.25) is 0 Å². The molecule has 0 saturated heterocycles. The van der Waals surface area contributed by atoms with Crippen LogP contribution < -0.4 is 0 Å². The summed E-state index contributed by atoms with van der Waals surface area (Å²) in [5.74, 6) is -0.180. The van der Waals surface area contributed by atoms with Crippen molar-refractivity contribution >= 4 is 21.7 Å². The van der Waals surface area contributed by atoms with Crippen LogP contribution in [-0.2, 0) is 14.3 Å². The lowest BCUT2D eigenvalue weighted by Gasteiger charge is -2.49. The monoisotopic (exact) mass is 320 g/mol. The lowest BCUT2D eigenvalue weighted by molar-refractivity contribution is -0.162. The van der Waals surface area contributed by atoms with Crippen molar-refractivity contribution in [3.63, 3.8) is 0 Å². The fourth-order valence-electron chi connectivity index (χ4n) is 2.42. The van der Waals surface area contributed by atoms with Crippen LogP contribution in [0.25, 0.3) is 0 Å². The normalized spacial score (nSPS) is 40.8. The predicted molar refractivity (Wildman–Crippen MR) is 72.6 cm³/mol. The Hall–Kier alpha value is -0.230. The lowest BCUT2D eigenvalue weighted by atomic mass is 9.61. The number of hydrogen-bond acceptors (Lipinski definition) is 4. The van der Waals surface area contributed by atoms with Crippen LogP contribution in [0.15, 0.2) is 12.7 Å². The summed E-state index contributed by atoms with van der Waals surface area (Å²) in [6, 6.07) is 0. The average molecular weight is 321 g/mol. The second kappa shape index (κ2) is 5.82. The fourth-order valence-corrected chi connectivity index (χ4v) is 3.11. The molecule has 18 heavy (non-hydrogen) atoms. The summed E-state index contributed by atoms with van der Waals surface area (Å²) in [5.41, 5.74) is -1.68. The SMILES string of the molecule is C=C[C@@]1(C)CC(=O)[C@@H](Br)[C@@](O)(COCOC)[C@@H]1C. The van der Waals surface area contributed by atoms with Gasteiger partial charge in [-0.1, -0.05) is 35.9 Å². The molecule has 1 aliphatic rings. The standard InChI is InChI=1S/C13H21BrO4/c1-5-12(3)6-10(15)11(14)13(16,9(12)2)7-18-8-17-4/h5,9,11,16H,1,6-8H2,2-4H3/t9-,11-,12+,13-/m1/s1. The zero-order chi connectivity index (χ0) is 14.0. The van der Waals surface area contributed by atoms with E-state index in [0.717, 1.165) is 0 Å². The van der Waals surface area contributed by atoms with Crippen LogP contribution in [0.3, 0.4) is 0 Å². The number of Topliss-reactive ketones (excluding diaryl/α,β-unsaturated/α-hetero) is 1.